The first-order valence-corrected chi connectivity index (χ1v) is 10.8. The Balaban J connectivity index is 1.52. The van der Waals surface area contributed by atoms with Gasteiger partial charge in [-0.25, -0.2) is 9.59 Å². The van der Waals surface area contributed by atoms with Gasteiger partial charge in [-0.15, -0.1) is 0 Å². The van der Waals surface area contributed by atoms with Crippen LogP contribution in [0.5, 0.6) is 0 Å². The predicted octanol–water partition coefficient (Wildman–Crippen LogP) is 2.74. The number of esters is 2. The maximum Gasteiger partial charge on any atom is 0.336 e. The normalized spacial score (nSPS) is 42.9. The number of carbonyl (C=O) groups is 2. The molecule has 7 atom stereocenters. The first kappa shape index (κ1) is 20.6. The Morgan fingerprint density at radius 1 is 1.10 bits per heavy atom. The van der Waals surface area contributed by atoms with Crippen molar-refractivity contribution in [3.8, 4) is 0 Å². The van der Waals surface area contributed by atoms with E-state index in [9.17, 15) is 9.59 Å². The SMILES string of the molecule is C[C@]12C=CC(OC(=O)CO)CC1CC[C@@H]1[C@H]2CC[C@]2(C)C(OC(=O)CO)=CC[C@@H]12. The van der Waals surface area contributed by atoms with E-state index in [1.807, 2.05) is 6.08 Å². The lowest BCUT2D eigenvalue weighted by molar-refractivity contribution is -0.153. The minimum Gasteiger partial charge on any atom is -0.456 e. The Hall–Kier alpha value is -1.66. The highest BCUT2D eigenvalue weighted by Gasteiger charge is 2.58. The Morgan fingerprint density at radius 3 is 2.59 bits per heavy atom. The highest BCUT2D eigenvalue weighted by Crippen LogP contribution is 2.65. The summed E-state index contributed by atoms with van der Waals surface area (Å²) in [5, 5.41) is 18.0. The third-order valence-corrected chi connectivity index (χ3v) is 8.43. The molecule has 2 saturated carbocycles. The number of hydrogen-bond donors (Lipinski definition) is 2. The molecule has 4 rings (SSSR count). The van der Waals surface area contributed by atoms with Crippen molar-refractivity contribution in [3.63, 3.8) is 0 Å². The summed E-state index contributed by atoms with van der Waals surface area (Å²) >= 11 is 0. The van der Waals surface area contributed by atoms with Crippen molar-refractivity contribution in [3.05, 3.63) is 24.0 Å². The molecule has 6 nitrogen and oxygen atoms in total. The van der Waals surface area contributed by atoms with E-state index in [1.165, 1.54) is 0 Å². The Morgan fingerprint density at radius 2 is 1.86 bits per heavy atom. The molecule has 2 unspecified atom stereocenters. The fourth-order valence-corrected chi connectivity index (χ4v) is 6.91. The number of hydrogen-bond acceptors (Lipinski definition) is 6. The third-order valence-electron chi connectivity index (χ3n) is 8.43. The summed E-state index contributed by atoms with van der Waals surface area (Å²) in [6.45, 7) is 3.41. The van der Waals surface area contributed by atoms with Crippen LogP contribution in [0.2, 0.25) is 0 Å². The molecule has 0 radical (unpaired) electrons. The van der Waals surface area contributed by atoms with E-state index in [0.717, 1.165) is 44.3 Å². The van der Waals surface area contributed by atoms with Crippen molar-refractivity contribution in [1.29, 1.82) is 0 Å². The molecule has 0 amide bonds. The standard InChI is InChI=1S/C23H32O6/c1-22-9-7-15(28-20(26)12-24)11-14(22)3-4-16-17-5-6-19(29-21(27)13-25)23(17,2)10-8-18(16)22/h6-7,9,14-18,24-25H,3-5,8,10-13H2,1-2H3/t14?,15?,16-,17-,18+,22-,23-/m0/s1. The van der Waals surface area contributed by atoms with Gasteiger partial charge in [-0.3, -0.25) is 0 Å². The van der Waals surface area contributed by atoms with Gasteiger partial charge in [0.05, 0.1) is 0 Å². The molecule has 4 aliphatic carbocycles. The molecule has 0 aromatic carbocycles. The molecular weight excluding hydrogens is 372 g/mol. The molecule has 0 aromatic rings. The molecule has 0 saturated heterocycles. The van der Waals surface area contributed by atoms with Gasteiger partial charge in [0, 0.05) is 5.41 Å². The highest BCUT2D eigenvalue weighted by molar-refractivity contribution is 5.72. The van der Waals surface area contributed by atoms with E-state index in [4.69, 9.17) is 19.7 Å². The predicted molar refractivity (Wildman–Crippen MR) is 105 cm³/mol. The van der Waals surface area contributed by atoms with E-state index >= 15 is 0 Å². The topological polar surface area (TPSA) is 93.1 Å². The zero-order valence-corrected chi connectivity index (χ0v) is 17.3. The van der Waals surface area contributed by atoms with Crippen molar-refractivity contribution < 1.29 is 29.3 Å². The minimum absolute atomic E-state index is 0.0803. The van der Waals surface area contributed by atoms with Crippen LogP contribution in [0.25, 0.3) is 0 Å². The van der Waals surface area contributed by atoms with Gasteiger partial charge in [0.25, 0.3) is 0 Å². The van der Waals surface area contributed by atoms with Crippen LogP contribution in [-0.4, -0.2) is 41.5 Å². The van der Waals surface area contributed by atoms with Gasteiger partial charge in [0.1, 0.15) is 25.1 Å². The first-order valence-electron chi connectivity index (χ1n) is 10.8. The summed E-state index contributed by atoms with van der Waals surface area (Å²) in [5.74, 6) is 1.67. The van der Waals surface area contributed by atoms with Crippen LogP contribution >= 0.6 is 0 Å². The van der Waals surface area contributed by atoms with E-state index in [0.29, 0.717) is 23.7 Å². The fraction of sp³-hybridized carbons (Fsp3) is 0.739. The van der Waals surface area contributed by atoms with E-state index in [-0.39, 0.29) is 16.9 Å². The molecule has 0 aromatic heterocycles. The zero-order chi connectivity index (χ0) is 20.8. The maximum absolute atomic E-state index is 11.7. The van der Waals surface area contributed by atoms with Gasteiger partial charge < -0.3 is 19.7 Å². The monoisotopic (exact) mass is 404 g/mol. The lowest BCUT2D eigenvalue weighted by Crippen LogP contribution is -2.52. The van der Waals surface area contributed by atoms with Crippen molar-refractivity contribution >= 4 is 11.9 Å². The van der Waals surface area contributed by atoms with E-state index < -0.39 is 25.2 Å². The smallest absolute Gasteiger partial charge is 0.336 e. The largest absolute Gasteiger partial charge is 0.456 e. The second-order valence-electron chi connectivity index (χ2n) is 9.69. The molecule has 0 aliphatic heterocycles. The van der Waals surface area contributed by atoms with E-state index in [2.05, 4.69) is 26.0 Å². The molecule has 160 valence electrons. The van der Waals surface area contributed by atoms with Gasteiger partial charge >= 0.3 is 11.9 Å². The number of ether oxygens (including phenoxy) is 2. The Labute approximate surface area is 172 Å². The number of aliphatic hydroxyl groups excluding tert-OH is 2. The summed E-state index contributed by atoms with van der Waals surface area (Å²) < 4.78 is 10.9. The van der Waals surface area contributed by atoms with Gasteiger partial charge in [-0.05, 0) is 79.8 Å². The summed E-state index contributed by atoms with van der Waals surface area (Å²) in [6, 6.07) is 0. The third kappa shape index (κ3) is 3.34. The first-order chi connectivity index (χ1) is 13.8. The lowest BCUT2D eigenvalue weighted by Gasteiger charge is -2.58. The maximum atomic E-state index is 11.7. The zero-order valence-electron chi connectivity index (χ0n) is 17.3. The van der Waals surface area contributed by atoms with Crippen molar-refractivity contribution in [2.45, 2.75) is 58.5 Å². The molecule has 0 bridgehead atoms. The van der Waals surface area contributed by atoms with Gasteiger partial charge in [-0.1, -0.05) is 19.9 Å². The molecule has 4 aliphatic rings. The molecule has 2 fully saturated rings. The van der Waals surface area contributed by atoms with Crippen LogP contribution in [0.1, 0.15) is 52.4 Å². The molecule has 6 heteroatoms. The lowest BCUT2D eigenvalue weighted by atomic mass is 9.46. The molecule has 2 N–H and O–H groups in total. The van der Waals surface area contributed by atoms with Gasteiger partial charge in [-0.2, -0.15) is 0 Å². The fourth-order valence-electron chi connectivity index (χ4n) is 6.91. The highest BCUT2D eigenvalue weighted by atomic mass is 16.6. The molecular formula is C23H32O6. The quantitative estimate of drug-likeness (QED) is 0.553. The Bertz CT molecular complexity index is 742. The molecule has 0 heterocycles. The van der Waals surface area contributed by atoms with Crippen molar-refractivity contribution in [2.75, 3.05) is 13.2 Å². The van der Waals surface area contributed by atoms with Crippen LogP contribution in [0.3, 0.4) is 0 Å². The summed E-state index contributed by atoms with van der Waals surface area (Å²) in [4.78, 5) is 23.1. The minimum atomic E-state index is -0.587. The summed E-state index contributed by atoms with van der Waals surface area (Å²) in [5.41, 5.74) is -0.0519. The average Bonchev–Trinajstić information content (AvgIpc) is 3.04. The summed E-state index contributed by atoms with van der Waals surface area (Å²) in [7, 11) is 0. The van der Waals surface area contributed by atoms with Gasteiger partial charge in [0.2, 0.25) is 0 Å². The number of carbonyl (C=O) groups excluding carboxylic acids is 2. The van der Waals surface area contributed by atoms with Crippen LogP contribution in [0.4, 0.5) is 0 Å². The number of allylic oxidation sites excluding steroid dienone is 3. The molecule has 29 heavy (non-hydrogen) atoms. The number of rotatable bonds is 4. The van der Waals surface area contributed by atoms with Crippen molar-refractivity contribution in [1.82, 2.24) is 0 Å². The Kier molecular flexibility index (Phi) is 5.36. The molecule has 0 spiro atoms. The second kappa shape index (κ2) is 7.55. The summed E-state index contributed by atoms with van der Waals surface area (Å²) in [6.07, 6.45) is 12.1. The van der Waals surface area contributed by atoms with Crippen molar-refractivity contribution in [2.24, 2.45) is 34.5 Å². The number of fused-ring (bicyclic) bond motifs is 5. The van der Waals surface area contributed by atoms with Crippen LogP contribution < -0.4 is 0 Å². The van der Waals surface area contributed by atoms with Gasteiger partial charge in [0.15, 0.2) is 0 Å². The second-order valence-corrected chi connectivity index (χ2v) is 9.69. The van der Waals surface area contributed by atoms with Crippen LogP contribution in [0, 0.1) is 34.5 Å². The van der Waals surface area contributed by atoms with Crippen LogP contribution in [-0.2, 0) is 19.1 Å². The van der Waals surface area contributed by atoms with E-state index in [1.54, 1.807) is 0 Å². The van der Waals surface area contributed by atoms with Crippen LogP contribution in [0.15, 0.2) is 24.0 Å². The average molecular weight is 405 g/mol. The number of aliphatic hydroxyl groups is 2.